The maximum Gasteiger partial charge on any atom is 0.329 e. The van der Waals surface area contributed by atoms with Gasteiger partial charge in [0, 0.05) is 13.1 Å². The first-order valence-electron chi connectivity index (χ1n) is 6.86. The second-order valence-corrected chi connectivity index (χ2v) is 4.97. The van der Waals surface area contributed by atoms with Crippen molar-refractivity contribution in [3.8, 4) is 0 Å². The molecule has 2 amide bonds. The maximum atomic E-state index is 11.8. The highest BCUT2D eigenvalue weighted by molar-refractivity contribution is 6.35. The van der Waals surface area contributed by atoms with E-state index in [-0.39, 0.29) is 0 Å². The third-order valence-corrected chi connectivity index (χ3v) is 3.26. The number of carbonyl (C=O) groups is 2. The molecule has 2 rings (SSSR count). The highest BCUT2D eigenvalue weighted by Crippen LogP contribution is 2.08. The Kier molecular flexibility index (Phi) is 4.87. The van der Waals surface area contributed by atoms with Gasteiger partial charge in [-0.25, -0.2) is 5.43 Å². The Morgan fingerprint density at radius 1 is 1.25 bits per heavy atom. The fraction of sp³-hybridized carbons (Fsp3) is 0.400. The summed E-state index contributed by atoms with van der Waals surface area (Å²) in [6, 6.07) is 7.73. The van der Waals surface area contributed by atoms with Gasteiger partial charge in [0.1, 0.15) is 0 Å². The first kappa shape index (κ1) is 14.2. The lowest BCUT2D eigenvalue weighted by Gasteiger charge is -2.25. The third-order valence-electron chi connectivity index (χ3n) is 3.26. The van der Waals surface area contributed by atoms with Crippen LogP contribution in [0.3, 0.4) is 0 Å². The predicted octanol–water partition coefficient (Wildman–Crippen LogP) is 1.46. The molecule has 1 N–H and O–H groups in total. The topological polar surface area (TPSA) is 61.8 Å². The van der Waals surface area contributed by atoms with E-state index in [1.165, 1.54) is 6.21 Å². The number of benzene rings is 1. The molecule has 20 heavy (non-hydrogen) atoms. The Balaban J connectivity index is 1.86. The number of piperidine rings is 1. The lowest BCUT2D eigenvalue weighted by atomic mass is 10.1. The average molecular weight is 273 g/mol. The van der Waals surface area contributed by atoms with E-state index in [9.17, 15) is 9.59 Å². The predicted molar refractivity (Wildman–Crippen MR) is 77.3 cm³/mol. The summed E-state index contributed by atoms with van der Waals surface area (Å²) in [6.45, 7) is 3.30. The van der Waals surface area contributed by atoms with Crippen molar-refractivity contribution in [2.24, 2.45) is 5.10 Å². The molecule has 0 aliphatic carbocycles. The zero-order chi connectivity index (χ0) is 14.4. The third kappa shape index (κ3) is 3.91. The number of aryl methyl sites for hydroxylation is 1. The van der Waals surface area contributed by atoms with Gasteiger partial charge in [0.25, 0.3) is 0 Å². The molecule has 0 aromatic heterocycles. The van der Waals surface area contributed by atoms with Crippen LogP contribution >= 0.6 is 0 Å². The highest BCUT2D eigenvalue weighted by atomic mass is 16.2. The van der Waals surface area contributed by atoms with Crippen molar-refractivity contribution in [3.63, 3.8) is 0 Å². The summed E-state index contributed by atoms with van der Waals surface area (Å²) in [4.78, 5) is 25.1. The Labute approximate surface area is 118 Å². The molecule has 1 heterocycles. The summed E-state index contributed by atoms with van der Waals surface area (Å²) in [7, 11) is 0. The Morgan fingerprint density at radius 2 is 2.00 bits per heavy atom. The normalized spacial score (nSPS) is 15.3. The molecular formula is C15H19N3O2. The van der Waals surface area contributed by atoms with Crippen molar-refractivity contribution in [3.05, 3.63) is 35.4 Å². The van der Waals surface area contributed by atoms with E-state index in [1.54, 1.807) is 4.90 Å². The fourth-order valence-corrected chi connectivity index (χ4v) is 2.20. The van der Waals surface area contributed by atoms with E-state index in [0.717, 1.165) is 30.4 Å². The number of nitrogens with one attached hydrogen (secondary N) is 1. The molecule has 0 radical (unpaired) electrons. The van der Waals surface area contributed by atoms with Crippen LogP contribution in [0.25, 0.3) is 0 Å². The minimum atomic E-state index is -0.671. The monoisotopic (exact) mass is 273 g/mol. The Morgan fingerprint density at radius 3 is 2.70 bits per heavy atom. The van der Waals surface area contributed by atoms with Crippen LogP contribution in [-0.4, -0.2) is 36.0 Å². The summed E-state index contributed by atoms with van der Waals surface area (Å²) in [5.74, 6) is -1.16. The van der Waals surface area contributed by atoms with Gasteiger partial charge >= 0.3 is 11.8 Å². The molecule has 1 saturated heterocycles. The van der Waals surface area contributed by atoms with E-state index < -0.39 is 11.8 Å². The molecule has 5 heteroatoms. The summed E-state index contributed by atoms with van der Waals surface area (Å²) in [6.07, 6.45) is 4.59. The number of hydrogen-bond acceptors (Lipinski definition) is 3. The van der Waals surface area contributed by atoms with Crippen LogP contribution in [0.2, 0.25) is 0 Å². The molecule has 1 aliphatic heterocycles. The van der Waals surface area contributed by atoms with Crippen LogP contribution in [0.1, 0.15) is 30.4 Å². The molecule has 0 bridgehead atoms. The zero-order valence-corrected chi connectivity index (χ0v) is 11.6. The second kappa shape index (κ2) is 6.84. The molecule has 0 saturated carbocycles. The summed E-state index contributed by atoms with van der Waals surface area (Å²) >= 11 is 0. The van der Waals surface area contributed by atoms with E-state index >= 15 is 0 Å². The number of amides is 2. The van der Waals surface area contributed by atoms with Crippen molar-refractivity contribution in [1.82, 2.24) is 10.3 Å². The van der Waals surface area contributed by atoms with Crippen LogP contribution in [0.15, 0.2) is 29.4 Å². The number of nitrogens with zero attached hydrogens (tertiary/aromatic N) is 2. The molecule has 1 aromatic rings. The van der Waals surface area contributed by atoms with Gasteiger partial charge in [-0.05, 0) is 31.7 Å². The molecule has 0 atom stereocenters. The molecule has 5 nitrogen and oxygen atoms in total. The molecule has 0 unspecified atom stereocenters. The number of hydrogen-bond donors (Lipinski definition) is 1. The van der Waals surface area contributed by atoms with Gasteiger partial charge in [-0.2, -0.15) is 5.10 Å². The second-order valence-electron chi connectivity index (χ2n) is 4.97. The van der Waals surface area contributed by atoms with Gasteiger partial charge in [-0.1, -0.05) is 29.8 Å². The van der Waals surface area contributed by atoms with Gasteiger partial charge in [0.05, 0.1) is 6.21 Å². The van der Waals surface area contributed by atoms with Crippen LogP contribution < -0.4 is 5.43 Å². The largest absolute Gasteiger partial charge is 0.334 e. The van der Waals surface area contributed by atoms with Crippen LogP contribution in [-0.2, 0) is 9.59 Å². The van der Waals surface area contributed by atoms with Gasteiger partial charge in [-0.15, -0.1) is 0 Å². The summed E-state index contributed by atoms with van der Waals surface area (Å²) in [5, 5.41) is 3.83. The minimum Gasteiger partial charge on any atom is -0.334 e. The van der Waals surface area contributed by atoms with Crippen molar-refractivity contribution in [2.75, 3.05) is 13.1 Å². The summed E-state index contributed by atoms with van der Waals surface area (Å²) in [5.41, 5.74) is 4.29. The minimum absolute atomic E-state index is 0.494. The molecule has 1 aliphatic rings. The van der Waals surface area contributed by atoms with Crippen molar-refractivity contribution in [2.45, 2.75) is 26.2 Å². The number of rotatable bonds is 2. The standard InChI is InChI=1S/C15H19N3O2/c1-12-6-5-7-13(10-12)11-16-17-14(19)15(20)18-8-3-2-4-9-18/h5-7,10-11H,2-4,8-9H2,1H3,(H,17,19). The quantitative estimate of drug-likeness (QED) is 0.504. The van der Waals surface area contributed by atoms with E-state index in [0.29, 0.717) is 13.1 Å². The Bertz CT molecular complexity index is 520. The highest BCUT2D eigenvalue weighted by Gasteiger charge is 2.22. The number of carbonyl (C=O) groups excluding carboxylic acids is 2. The number of hydrazone groups is 1. The first-order valence-corrected chi connectivity index (χ1v) is 6.86. The smallest absolute Gasteiger partial charge is 0.329 e. The average Bonchev–Trinajstić information content (AvgIpc) is 2.47. The van der Waals surface area contributed by atoms with Gasteiger partial charge in [-0.3, -0.25) is 9.59 Å². The Hall–Kier alpha value is -2.17. The number of likely N-dealkylation sites (tertiary alicyclic amines) is 1. The van der Waals surface area contributed by atoms with E-state index in [2.05, 4.69) is 10.5 Å². The molecule has 1 fully saturated rings. The van der Waals surface area contributed by atoms with Crippen molar-refractivity contribution in [1.29, 1.82) is 0 Å². The van der Waals surface area contributed by atoms with Gasteiger partial charge in [0.15, 0.2) is 0 Å². The lowest BCUT2D eigenvalue weighted by molar-refractivity contribution is -0.146. The fourth-order valence-electron chi connectivity index (χ4n) is 2.20. The zero-order valence-electron chi connectivity index (χ0n) is 11.6. The first-order chi connectivity index (χ1) is 9.66. The van der Waals surface area contributed by atoms with Crippen LogP contribution in [0.5, 0.6) is 0 Å². The molecule has 106 valence electrons. The van der Waals surface area contributed by atoms with Crippen molar-refractivity contribution < 1.29 is 9.59 Å². The lowest BCUT2D eigenvalue weighted by Crippen LogP contribution is -2.43. The summed E-state index contributed by atoms with van der Waals surface area (Å²) < 4.78 is 0. The molecule has 1 aromatic carbocycles. The van der Waals surface area contributed by atoms with Crippen LogP contribution in [0.4, 0.5) is 0 Å². The van der Waals surface area contributed by atoms with E-state index in [1.807, 2.05) is 31.2 Å². The van der Waals surface area contributed by atoms with E-state index in [4.69, 9.17) is 0 Å². The molecule has 0 spiro atoms. The molecular weight excluding hydrogens is 254 g/mol. The van der Waals surface area contributed by atoms with Gasteiger partial charge in [0.2, 0.25) is 0 Å². The van der Waals surface area contributed by atoms with Crippen molar-refractivity contribution >= 4 is 18.0 Å². The van der Waals surface area contributed by atoms with Gasteiger partial charge < -0.3 is 4.90 Å². The van der Waals surface area contributed by atoms with Crippen LogP contribution in [0, 0.1) is 6.92 Å². The maximum absolute atomic E-state index is 11.8. The SMILES string of the molecule is Cc1cccc(C=NNC(=O)C(=O)N2CCCCC2)c1.